The number of fused-ring (bicyclic) bond motifs is 5. The summed E-state index contributed by atoms with van der Waals surface area (Å²) >= 11 is 0. The van der Waals surface area contributed by atoms with E-state index in [1.54, 1.807) is 13.8 Å². The number of nitrogens with zero attached hydrogens (tertiary/aromatic N) is 4. The van der Waals surface area contributed by atoms with Crippen LogP contribution in [-0.4, -0.2) is 58.3 Å². The first-order chi connectivity index (χ1) is 18.8. The molecule has 212 valence electrons. The molecular formula is C27H28F4N6O3. The van der Waals surface area contributed by atoms with Gasteiger partial charge in [-0.15, -0.1) is 0 Å². The summed E-state index contributed by atoms with van der Waals surface area (Å²) in [6.45, 7) is 6.54. The minimum Gasteiger partial charge on any atom is -0.472 e. The molecule has 0 radical (unpaired) electrons. The topological polar surface area (TPSA) is 115 Å². The number of nitrogens with two attached hydrogens (primary N) is 1. The average molecular weight is 561 g/mol. The summed E-state index contributed by atoms with van der Waals surface area (Å²) < 4.78 is 70.6. The quantitative estimate of drug-likeness (QED) is 0.355. The lowest BCUT2D eigenvalue weighted by Crippen LogP contribution is -2.70. The van der Waals surface area contributed by atoms with Crippen molar-refractivity contribution in [2.75, 3.05) is 24.3 Å². The molecule has 3 aliphatic heterocycles. The molecule has 13 heteroatoms. The van der Waals surface area contributed by atoms with Crippen molar-refractivity contribution in [3.63, 3.8) is 0 Å². The van der Waals surface area contributed by atoms with Crippen LogP contribution >= 0.6 is 0 Å². The summed E-state index contributed by atoms with van der Waals surface area (Å²) in [7, 11) is 1.33. The molecule has 0 amide bonds. The lowest BCUT2D eigenvalue weighted by molar-refractivity contribution is -0.148. The molecule has 4 atom stereocenters. The van der Waals surface area contributed by atoms with Crippen LogP contribution in [0.4, 0.5) is 29.2 Å². The zero-order valence-electron chi connectivity index (χ0n) is 22.5. The van der Waals surface area contributed by atoms with Crippen LogP contribution in [0.5, 0.6) is 5.88 Å². The lowest BCUT2D eigenvalue weighted by Gasteiger charge is -2.46. The molecule has 0 aromatic carbocycles. The van der Waals surface area contributed by atoms with Gasteiger partial charge in [-0.25, -0.2) is 24.1 Å². The Bertz CT molecular complexity index is 1600. The normalized spacial score (nSPS) is 25.4. The minimum absolute atomic E-state index is 0.0388. The van der Waals surface area contributed by atoms with E-state index in [2.05, 4.69) is 15.3 Å². The number of aromatic nitrogens is 3. The van der Waals surface area contributed by atoms with Crippen molar-refractivity contribution < 1.29 is 31.8 Å². The van der Waals surface area contributed by atoms with Crippen molar-refractivity contribution in [3.05, 3.63) is 34.4 Å². The summed E-state index contributed by atoms with van der Waals surface area (Å²) in [5.41, 5.74) is 3.19. The zero-order chi connectivity index (χ0) is 28.9. The van der Waals surface area contributed by atoms with Crippen LogP contribution in [0.15, 0.2) is 6.07 Å². The average Bonchev–Trinajstić information content (AvgIpc) is 3.16. The summed E-state index contributed by atoms with van der Waals surface area (Å²) in [6, 6.07) is 0.485. The molecule has 6 rings (SSSR count). The first-order valence-electron chi connectivity index (χ1n) is 12.9. The number of halogens is 4. The molecule has 0 spiro atoms. The molecule has 3 aromatic heterocycles. The van der Waals surface area contributed by atoms with E-state index in [4.69, 9.17) is 20.2 Å². The lowest BCUT2D eigenvalue weighted by atomic mass is 9.93. The Morgan fingerprint density at radius 1 is 1.20 bits per heavy atom. The van der Waals surface area contributed by atoms with Crippen LogP contribution < -0.4 is 20.7 Å². The number of methoxy groups -OCH3 is 1. The third-order valence-electron chi connectivity index (χ3n) is 8.46. The number of hydrogen-bond acceptors (Lipinski definition) is 9. The minimum atomic E-state index is -4.84. The number of nitrogens with one attached hydrogen (secondary N) is 1. The smallest absolute Gasteiger partial charge is 0.418 e. The van der Waals surface area contributed by atoms with E-state index < -0.39 is 46.4 Å². The van der Waals surface area contributed by atoms with Gasteiger partial charge in [-0.05, 0) is 52.2 Å². The van der Waals surface area contributed by atoms with E-state index in [0.29, 0.717) is 29.9 Å². The van der Waals surface area contributed by atoms with Gasteiger partial charge in [0, 0.05) is 29.2 Å². The van der Waals surface area contributed by atoms with Crippen LogP contribution in [-0.2, 0) is 15.7 Å². The molecule has 0 aliphatic carbocycles. The molecule has 3 aliphatic rings. The first-order valence-corrected chi connectivity index (χ1v) is 12.9. The number of alkyl halides is 3. The van der Waals surface area contributed by atoms with Crippen LogP contribution in [0, 0.1) is 26.6 Å². The highest BCUT2D eigenvalue weighted by molar-refractivity contribution is 6.02. The van der Waals surface area contributed by atoms with Crippen molar-refractivity contribution in [1.82, 2.24) is 20.3 Å². The molecule has 3 N–H and O–H groups in total. The van der Waals surface area contributed by atoms with E-state index in [-0.39, 0.29) is 46.8 Å². The molecule has 2 fully saturated rings. The molecule has 3 aromatic rings. The van der Waals surface area contributed by atoms with E-state index in [1.807, 2.05) is 11.8 Å². The number of nitrogen functional groups attached to an aromatic ring is 1. The van der Waals surface area contributed by atoms with Gasteiger partial charge in [0.2, 0.25) is 5.88 Å². The summed E-state index contributed by atoms with van der Waals surface area (Å²) in [5, 5.41) is 3.71. The van der Waals surface area contributed by atoms with E-state index >= 15 is 4.39 Å². The highest BCUT2D eigenvalue weighted by Crippen LogP contribution is 2.48. The van der Waals surface area contributed by atoms with Gasteiger partial charge in [-0.2, -0.15) is 13.2 Å². The molecule has 0 saturated carbocycles. The van der Waals surface area contributed by atoms with E-state index in [9.17, 15) is 18.0 Å². The second kappa shape index (κ2) is 8.63. The molecule has 4 unspecified atom stereocenters. The molecule has 2 saturated heterocycles. The zero-order valence-corrected chi connectivity index (χ0v) is 22.5. The van der Waals surface area contributed by atoms with Crippen LogP contribution in [0.25, 0.3) is 22.0 Å². The van der Waals surface area contributed by atoms with Gasteiger partial charge in [0.05, 0.1) is 29.8 Å². The Kier molecular flexibility index (Phi) is 5.71. The summed E-state index contributed by atoms with van der Waals surface area (Å²) in [4.78, 5) is 27.7. The number of ether oxygens (including phenoxy) is 2. The van der Waals surface area contributed by atoms with Gasteiger partial charge >= 0.3 is 12.1 Å². The van der Waals surface area contributed by atoms with Crippen molar-refractivity contribution in [3.8, 4) is 17.1 Å². The fourth-order valence-electron chi connectivity index (χ4n) is 6.65. The molecule has 2 bridgehead atoms. The van der Waals surface area contributed by atoms with Gasteiger partial charge in [-0.1, -0.05) is 0 Å². The SMILES string of the molecule is COC(=O)C12CCC(N1)C1C(C)Oc3nc(-c4cc(N)nc(C)c4C(F)(F)F)c(F)c4c(C)c(C)nc(c34)N1C2. The molecular weight excluding hydrogens is 532 g/mol. The monoisotopic (exact) mass is 560 g/mol. The maximum atomic E-state index is 16.5. The predicted molar refractivity (Wildman–Crippen MR) is 138 cm³/mol. The number of carbonyl (C=O) groups is 1. The second-order valence-corrected chi connectivity index (χ2v) is 10.8. The first kappa shape index (κ1) is 26.5. The van der Waals surface area contributed by atoms with Crippen molar-refractivity contribution >= 4 is 28.4 Å². The maximum Gasteiger partial charge on any atom is 0.418 e. The number of aryl methyl sites for hydroxylation is 3. The predicted octanol–water partition coefficient (Wildman–Crippen LogP) is 3.99. The number of carbonyl (C=O) groups excluding carboxylic acids is 1. The van der Waals surface area contributed by atoms with Gasteiger partial charge in [-0.3, -0.25) is 5.32 Å². The Balaban J connectivity index is 1.66. The number of anilines is 2. The Hall–Kier alpha value is -3.74. The molecule has 9 nitrogen and oxygen atoms in total. The van der Waals surface area contributed by atoms with Crippen molar-refractivity contribution in [2.24, 2.45) is 0 Å². The Morgan fingerprint density at radius 3 is 2.60 bits per heavy atom. The Labute approximate surface area is 227 Å². The second-order valence-electron chi connectivity index (χ2n) is 10.8. The fourth-order valence-corrected chi connectivity index (χ4v) is 6.65. The number of hydrogen-bond donors (Lipinski definition) is 2. The highest BCUT2D eigenvalue weighted by Gasteiger charge is 2.57. The highest BCUT2D eigenvalue weighted by atomic mass is 19.4. The Morgan fingerprint density at radius 2 is 1.93 bits per heavy atom. The number of esters is 1. The standard InChI is InChI=1S/C27H28F4N6O3/c1-10-11(2)34-23-18-17(10)20(28)21(14-8-16(32)33-12(3)19(14)27(29,30)31)35-24(18)40-13(4)22-15-6-7-26(36-15,9-37(22)23)25(38)39-5/h8,13,15,22,36H,6-7,9H2,1-5H3,(H2,32,33). The summed E-state index contributed by atoms with van der Waals surface area (Å²) in [6.07, 6.45) is -4.18. The van der Waals surface area contributed by atoms with Crippen LogP contribution in [0.2, 0.25) is 0 Å². The van der Waals surface area contributed by atoms with Crippen molar-refractivity contribution in [2.45, 2.75) is 70.4 Å². The van der Waals surface area contributed by atoms with Crippen molar-refractivity contribution in [1.29, 1.82) is 0 Å². The fraction of sp³-hybridized carbons (Fsp3) is 0.481. The van der Waals surface area contributed by atoms with E-state index in [0.717, 1.165) is 6.07 Å². The van der Waals surface area contributed by atoms with Crippen LogP contribution in [0.1, 0.15) is 42.3 Å². The van der Waals surface area contributed by atoms with Gasteiger partial charge in [0.25, 0.3) is 0 Å². The number of pyridine rings is 3. The maximum absolute atomic E-state index is 16.5. The van der Waals surface area contributed by atoms with Gasteiger partial charge in [0.1, 0.15) is 29.0 Å². The molecule has 6 heterocycles. The van der Waals surface area contributed by atoms with Gasteiger partial charge in [0.15, 0.2) is 5.82 Å². The number of piperazine rings is 1. The number of rotatable bonds is 2. The third-order valence-corrected chi connectivity index (χ3v) is 8.46. The van der Waals surface area contributed by atoms with Crippen LogP contribution in [0.3, 0.4) is 0 Å². The summed E-state index contributed by atoms with van der Waals surface area (Å²) in [5.74, 6) is -1.23. The van der Waals surface area contributed by atoms with Gasteiger partial charge < -0.3 is 20.1 Å². The van der Waals surface area contributed by atoms with E-state index in [1.165, 1.54) is 14.0 Å². The largest absolute Gasteiger partial charge is 0.472 e. The third kappa shape index (κ3) is 3.62. The molecule has 40 heavy (non-hydrogen) atoms.